The highest BCUT2D eigenvalue weighted by atomic mass is 16.3. The Bertz CT molecular complexity index is 1220. The van der Waals surface area contributed by atoms with Gasteiger partial charge in [-0.2, -0.15) is 0 Å². The molecule has 37 heavy (non-hydrogen) atoms. The largest absolute Gasteiger partial charge is 0.507 e. The van der Waals surface area contributed by atoms with Crippen LogP contribution in [0, 0.1) is 29.6 Å². The number of fused-ring (bicyclic) bond motifs is 3. The molecule has 0 heterocycles. The van der Waals surface area contributed by atoms with E-state index in [2.05, 4.69) is 0 Å². The van der Waals surface area contributed by atoms with E-state index in [4.69, 9.17) is 5.73 Å². The summed E-state index contributed by atoms with van der Waals surface area (Å²) in [6, 6.07) is 0.744. The molecule has 3 aliphatic carbocycles. The van der Waals surface area contributed by atoms with Crippen LogP contribution in [0.5, 0.6) is 5.75 Å². The number of primary amides is 1. The summed E-state index contributed by atoms with van der Waals surface area (Å²) >= 11 is 0. The number of nitrogens with zero attached hydrogens (tertiary/aromatic N) is 2. The number of amides is 1. The fraction of sp³-hybridized carbons (Fsp3) is 0.593. The van der Waals surface area contributed by atoms with Crippen molar-refractivity contribution in [1.29, 1.82) is 0 Å². The molecule has 0 saturated heterocycles. The quantitative estimate of drug-likeness (QED) is 0.465. The zero-order valence-corrected chi connectivity index (χ0v) is 22.1. The van der Waals surface area contributed by atoms with Crippen LogP contribution in [-0.2, 0) is 32.0 Å². The summed E-state index contributed by atoms with van der Waals surface area (Å²) in [7, 11) is 6.79. The second-order valence-corrected chi connectivity index (χ2v) is 11.5. The highest BCUT2D eigenvalue weighted by Crippen LogP contribution is 2.52. The van der Waals surface area contributed by atoms with Crippen molar-refractivity contribution in [3.8, 4) is 5.75 Å². The van der Waals surface area contributed by atoms with Gasteiger partial charge < -0.3 is 20.8 Å². The van der Waals surface area contributed by atoms with Crippen LogP contribution in [0.1, 0.15) is 41.8 Å². The van der Waals surface area contributed by atoms with Crippen LogP contribution in [0.25, 0.3) is 0 Å². The number of rotatable bonds is 5. The monoisotopic (exact) mass is 513 g/mol. The van der Waals surface area contributed by atoms with Crippen molar-refractivity contribution in [3.63, 3.8) is 0 Å². The van der Waals surface area contributed by atoms with E-state index >= 15 is 0 Å². The number of aliphatic hydroxyl groups is 1. The third-order valence-electron chi connectivity index (χ3n) is 8.23. The van der Waals surface area contributed by atoms with Crippen LogP contribution in [-0.4, -0.2) is 84.0 Å². The lowest BCUT2D eigenvalue weighted by Crippen LogP contribution is -2.74. The van der Waals surface area contributed by atoms with Gasteiger partial charge in [0, 0.05) is 25.7 Å². The second-order valence-electron chi connectivity index (χ2n) is 11.5. The van der Waals surface area contributed by atoms with Gasteiger partial charge in [0.15, 0.2) is 34.7 Å². The number of carbonyl (C=O) groups is 5. The molecule has 4 rings (SSSR count). The van der Waals surface area contributed by atoms with E-state index in [0.717, 1.165) is 5.69 Å². The Morgan fingerprint density at radius 3 is 2.27 bits per heavy atom. The lowest BCUT2D eigenvalue weighted by atomic mass is 9.52. The van der Waals surface area contributed by atoms with Gasteiger partial charge in [-0.15, -0.1) is 0 Å². The number of hydrogen-bond donors (Lipinski definition) is 3. The first-order valence-electron chi connectivity index (χ1n) is 12.5. The predicted molar refractivity (Wildman–Crippen MR) is 134 cm³/mol. The summed E-state index contributed by atoms with van der Waals surface area (Å²) in [5, 5.41) is 22.8. The summed E-state index contributed by atoms with van der Waals surface area (Å²) < 4.78 is 0. The molecule has 2 saturated carbocycles. The summed E-state index contributed by atoms with van der Waals surface area (Å²) in [5.41, 5.74) is 4.60. The molecule has 10 nitrogen and oxygen atoms in total. The number of benzene rings is 1. The number of carbonyl (C=O) groups excluding carboxylic acids is 5. The van der Waals surface area contributed by atoms with Crippen LogP contribution >= 0.6 is 0 Å². The predicted octanol–water partition coefficient (Wildman–Crippen LogP) is 0.132. The lowest BCUT2D eigenvalue weighted by molar-refractivity contribution is -0.181. The van der Waals surface area contributed by atoms with Crippen molar-refractivity contribution in [2.75, 3.05) is 33.1 Å². The highest BCUT2D eigenvalue weighted by Gasteiger charge is 2.69. The van der Waals surface area contributed by atoms with Gasteiger partial charge in [-0.3, -0.25) is 28.9 Å². The van der Waals surface area contributed by atoms with Crippen molar-refractivity contribution in [2.24, 2.45) is 35.3 Å². The van der Waals surface area contributed by atoms with E-state index in [1.54, 1.807) is 14.1 Å². The first-order valence-corrected chi connectivity index (χ1v) is 12.5. The number of phenolic OH excluding ortho intramolecular Hbond substituents is 1. The molecular weight excluding hydrogens is 478 g/mol. The number of ketones is 4. The maximum absolute atomic E-state index is 13.9. The number of anilines is 1. The molecule has 3 aliphatic rings. The van der Waals surface area contributed by atoms with Crippen LogP contribution in [0.15, 0.2) is 6.07 Å². The summed E-state index contributed by atoms with van der Waals surface area (Å²) in [6.07, 6.45) is 0.785. The molecule has 6 atom stereocenters. The van der Waals surface area contributed by atoms with E-state index in [0.29, 0.717) is 17.5 Å². The first kappa shape index (κ1) is 26.9. The van der Waals surface area contributed by atoms with Crippen molar-refractivity contribution >= 4 is 34.7 Å². The molecule has 1 amide bonds. The van der Waals surface area contributed by atoms with Gasteiger partial charge in [-0.1, -0.05) is 13.8 Å². The number of likely N-dealkylation sites (N-methyl/N-ethyl adjacent to an activating group) is 1. The molecule has 1 aromatic rings. The zero-order chi connectivity index (χ0) is 27.7. The van der Waals surface area contributed by atoms with Crippen molar-refractivity contribution in [2.45, 2.75) is 44.8 Å². The second kappa shape index (κ2) is 9.02. The number of phenols is 1. The number of Topliss-reactive ketones (excluding diaryl/α,β-unsaturated/α-hetero) is 4. The molecule has 0 radical (unpaired) electrons. The van der Waals surface area contributed by atoms with Gasteiger partial charge in [0.05, 0.1) is 17.5 Å². The van der Waals surface area contributed by atoms with E-state index in [-0.39, 0.29) is 30.1 Å². The molecule has 0 aliphatic heterocycles. The number of nitrogens with two attached hydrogens (primary N) is 1. The van der Waals surface area contributed by atoms with Crippen LogP contribution < -0.4 is 10.6 Å². The Morgan fingerprint density at radius 1 is 1.14 bits per heavy atom. The third-order valence-corrected chi connectivity index (χ3v) is 8.23. The third kappa shape index (κ3) is 3.80. The molecule has 10 heteroatoms. The fourth-order valence-corrected chi connectivity index (χ4v) is 6.70. The maximum Gasteiger partial charge on any atom is 0.235 e. The summed E-state index contributed by atoms with van der Waals surface area (Å²) in [6.45, 7) is 3.97. The van der Waals surface area contributed by atoms with Gasteiger partial charge in [0.1, 0.15) is 5.75 Å². The van der Waals surface area contributed by atoms with Gasteiger partial charge in [0.25, 0.3) is 0 Å². The van der Waals surface area contributed by atoms with Gasteiger partial charge >= 0.3 is 0 Å². The minimum Gasteiger partial charge on any atom is -0.507 e. The van der Waals surface area contributed by atoms with E-state index in [1.165, 1.54) is 4.90 Å². The molecule has 2 unspecified atom stereocenters. The Labute approximate surface area is 215 Å². The standard InChI is InChI=1S/C27H35N3O7/c1-11(2)7-13-10-16(29(3)4)14-8-12-9-15-20(30(5)6)23(33)19(26(28)36)25(35)27(15,37)24(34)17(12)22(32)18(14)21(13)31/h10-12,15,17,19-20,31,37H,7-9H2,1-6H3,(H2,28,36)/t12-,15-,17?,19?,20-,27-/m0/s1. The molecule has 200 valence electrons. The number of aromatic hydroxyl groups is 1. The minimum absolute atomic E-state index is 0.0330. The van der Waals surface area contributed by atoms with E-state index in [1.807, 2.05) is 38.9 Å². The molecule has 1 aromatic carbocycles. The van der Waals surface area contributed by atoms with Crippen molar-refractivity contribution in [1.82, 2.24) is 4.90 Å². The Morgan fingerprint density at radius 2 is 1.76 bits per heavy atom. The van der Waals surface area contributed by atoms with Gasteiger partial charge in [-0.05, 0) is 62.4 Å². The molecule has 4 N–H and O–H groups in total. The Balaban J connectivity index is 1.90. The Kier molecular flexibility index (Phi) is 6.57. The summed E-state index contributed by atoms with van der Waals surface area (Å²) in [4.78, 5) is 69.8. The molecule has 0 spiro atoms. The average Bonchev–Trinajstić information content (AvgIpc) is 2.77. The van der Waals surface area contributed by atoms with Crippen LogP contribution in [0.3, 0.4) is 0 Å². The van der Waals surface area contributed by atoms with E-state index < -0.39 is 64.4 Å². The highest BCUT2D eigenvalue weighted by molar-refractivity contribution is 6.32. The van der Waals surface area contributed by atoms with Gasteiger partial charge in [-0.25, -0.2) is 0 Å². The molecular formula is C27H35N3O7. The van der Waals surface area contributed by atoms with Crippen LogP contribution in [0.4, 0.5) is 5.69 Å². The van der Waals surface area contributed by atoms with Crippen molar-refractivity contribution in [3.05, 3.63) is 22.8 Å². The first-order chi connectivity index (χ1) is 17.1. The smallest absolute Gasteiger partial charge is 0.235 e. The minimum atomic E-state index is -2.72. The normalized spacial score (nSPS) is 31.3. The summed E-state index contributed by atoms with van der Waals surface area (Å²) in [5.74, 6) is -10.0. The molecule has 2 fully saturated rings. The van der Waals surface area contributed by atoms with Crippen molar-refractivity contribution < 1.29 is 34.2 Å². The van der Waals surface area contributed by atoms with Gasteiger partial charge in [0.2, 0.25) is 5.91 Å². The Hall–Kier alpha value is -3.11. The lowest BCUT2D eigenvalue weighted by Gasteiger charge is -2.52. The zero-order valence-electron chi connectivity index (χ0n) is 22.1. The SMILES string of the molecule is CC(C)Cc1cc(N(C)C)c2c(c1O)C(=O)C1C(=O)[C@]3(O)C(=O)C(C(N)=O)C(=O)[C@@H](N(C)C)[C@@H]3C[C@@H]1C2. The van der Waals surface area contributed by atoms with Crippen LogP contribution in [0.2, 0.25) is 0 Å². The topological polar surface area (TPSA) is 158 Å². The number of hydrogen-bond acceptors (Lipinski definition) is 9. The fourth-order valence-electron chi connectivity index (χ4n) is 6.70. The maximum atomic E-state index is 13.9. The average molecular weight is 514 g/mol. The molecule has 0 aromatic heterocycles. The van der Waals surface area contributed by atoms with E-state index in [9.17, 15) is 34.2 Å². The molecule has 0 bridgehead atoms.